The quantitative estimate of drug-likeness (QED) is 0.0715. The zero-order valence-corrected chi connectivity index (χ0v) is 29.4. The van der Waals surface area contributed by atoms with Crippen molar-refractivity contribution in [2.24, 2.45) is 0 Å². The number of benzene rings is 2. The normalized spacial score (nSPS) is 12.3. The van der Waals surface area contributed by atoms with E-state index in [9.17, 15) is 19.2 Å². The van der Waals surface area contributed by atoms with Crippen molar-refractivity contribution in [2.75, 3.05) is 13.2 Å². The fourth-order valence-electron chi connectivity index (χ4n) is 5.72. The number of hydrogen-bond acceptors (Lipinski definition) is 7. The Labute approximate surface area is 281 Å². The number of hydrogen-bond donors (Lipinski definition) is 2. The van der Waals surface area contributed by atoms with Crippen molar-refractivity contribution in [3.63, 3.8) is 0 Å². The lowest BCUT2D eigenvalue weighted by molar-refractivity contribution is -0.154. The summed E-state index contributed by atoms with van der Waals surface area (Å²) in [5, 5.41) is 19.2. The van der Waals surface area contributed by atoms with Crippen LogP contribution in [0.15, 0.2) is 60.7 Å². The second kappa shape index (κ2) is 21.4. The summed E-state index contributed by atoms with van der Waals surface area (Å²) in [7, 11) is -3.12. The zero-order valence-electron chi connectivity index (χ0n) is 28.4. The van der Waals surface area contributed by atoms with Crippen molar-refractivity contribution < 1.29 is 43.3 Å². The Morgan fingerprint density at radius 3 is 1.49 bits per heavy atom. The minimum Gasteiger partial charge on any atom is -0.481 e. The van der Waals surface area contributed by atoms with Crippen LogP contribution < -0.4 is 10.4 Å². The zero-order chi connectivity index (χ0) is 34.5. The first-order valence-electron chi connectivity index (χ1n) is 17.0. The molecule has 0 heterocycles. The van der Waals surface area contributed by atoms with Gasteiger partial charge in [0.2, 0.25) is 0 Å². The van der Waals surface area contributed by atoms with Gasteiger partial charge in [0.05, 0.1) is 13.2 Å². The second-order valence-corrected chi connectivity index (χ2v) is 17.3. The summed E-state index contributed by atoms with van der Waals surface area (Å²) in [6.07, 6.45) is 7.13. The first-order chi connectivity index (χ1) is 22.5. The van der Waals surface area contributed by atoms with Gasteiger partial charge in [0.25, 0.3) is 8.32 Å². The SMILES string of the molecule is CC(C)(C)[Si](OC(CCC(=O)OCCCCCCCC(=O)O)C(=O)OCCCCCCCC(=O)O)(c1ccccc1)c1ccccc1. The third kappa shape index (κ3) is 14.4. The van der Waals surface area contributed by atoms with E-state index in [0.717, 1.165) is 48.9 Å². The minimum atomic E-state index is -3.12. The van der Waals surface area contributed by atoms with Crippen molar-refractivity contribution >= 4 is 42.6 Å². The molecule has 2 aromatic rings. The van der Waals surface area contributed by atoms with Crippen LogP contribution in [0.3, 0.4) is 0 Å². The monoisotopic (exact) mass is 670 g/mol. The molecule has 0 aliphatic carbocycles. The molecule has 1 atom stereocenters. The van der Waals surface area contributed by atoms with E-state index < -0.39 is 38.3 Å². The standard InChI is InChI=1S/C37H54O9Si/c1-37(2,3)47(30-20-12-10-13-21-30,31-22-14-11-15-23-31)46-32(36(43)45-29-19-9-5-7-17-25-34(40)41)26-27-35(42)44-28-18-8-4-6-16-24-33(38)39/h10-15,20-23,32H,4-9,16-19,24-29H2,1-3H3,(H,38,39)(H,40,41). The van der Waals surface area contributed by atoms with Crippen molar-refractivity contribution in [3.8, 4) is 0 Å². The number of unbranched alkanes of at least 4 members (excludes halogenated alkanes) is 8. The number of esters is 2. The van der Waals surface area contributed by atoms with Crippen LogP contribution in [0.2, 0.25) is 5.04 Å². The Bertz CT molecular complexity index is 1170. The van der Waals surface area contributed by atoms with E-state index in [0.29, 0.717) is 25.7 Å². The lowest BCUT2D eigenvalue weighted by Gasteiger charge is -2.44. The van der Waals surface area contributed by atoms with E-state index in [1.807, 2.05) is 60.7 Å². The van der Waals surface area contributed by atoms with Gasteiger partial charge in [-0.3, -0.25) is 14.4 Å². The summed E-state index contributed by atoms with van der Waals surface area (Å²) in [6, 6.07) is 20.0. The van der Waals surface area contributed by atoms with E-state index in [4.69, 9.17) is 24.1 Å². The van der Waals surface area contributed by atoms with Gasteiger partial charge in [-0.1, -0.05) is 120 Å². The Hall–Kier alpha value is -3.50. The van der Waals surface area contributed by atoms with Gasteiger partial charge in [0.1, 0.15) is 6.10 Å². The van der Waals surface area contributed by atoms with Crippen LogP contribution in [-0.4, -0.2) is 61.7 Å². The molecule has 0 radical (unpaired) electrons. The summed E-state index contributed by atoms with van der Waals surface area (Å²) in [5.41, 5.74) is 0. The van der Waals surface area contributed by atoms with E-state index in [-0.39, 0.29) is 43.9 Å². The number of carbonyl (C=O) groups excluding carboxylic acids is 2. The summed E-state index contributed by atoms with van der Waals surface area (Å²) in [5.74, 6) is -2.48. The summed E-state index contributed by atoms with van der Waals surface area (Å²) >= 11 is 0. The molecular weight excluding hydrogens is 616 g/mol. The van der Waals surface area contributed by atoms with Gasteiger partial charge in [0.15, 0.2) is 0 Å². The lowest BCUT2D eigenvalue weighted by atomic mass is 10.1. The highest BCUT2D eigenvalue weighted by molar-refractivity contribution is 6.99. The molecule has 0 spiro atoms. The van der Waals surface area contributed by atoms with Gasteiger partial charge in [-0.25, -0.2) is 4.79 Å². The first kappa shape index (κ1) is 39.7. The third-order valence-corrected chi connectivity index (χ3v) is 13.2. The predicted octanol–water partition coefficient (Wildman–Crippen LogP) is 6.65. The van der Waals surface area contributed by atoms with Crippen LogP contribution in [0, 0.1) is 0 Å². The molecule has 0 aromatic heterocycles. The third-order valence-electron chi connectivity index (χ3n) is 8.19. The smallest absolute Gasteiger partial charge is 0.334 e. The number of aliphatic carboxylic acids is 2. The van der Waals surface area contributed by atoms with Crippen molar-refractivity contribution in [2.45, 2.75) is 122 Å². The minimum absolute atomic E-state index is 0.000157. The number of rotatable bonds is 24. The molecule has 1 unspecified atom stereocenters. The maximum atomic E-state index is 13.7. The fraction of sp³-hybridized carbons (Fsp3) is 0.568. The highest BCUT2D eigenvalue weighted by Gasteiger charge is 2.52. The van der Waals surface area contributed by atoms with Crippen LogP contribution in [0.25, 0.3) is 0 Å². The van der Waals surface area contributed by atoms with Gasteiger partial charge < -0.3 is 24.1 Å². The highest BCUT2D eigenvalue weighted by atomic mass is 28.4. The molecule has 0 aliphatic rings. The Kier molecular flexibility index (Phi) is 18.1. The molecule has 0 bridgehead atoms. The molecule has 2 N–H and O–H groups in total. The van der Waals surface area contributed by atoms with Gasteiger partial charge in [-0.15, -0.1) is 0 Å². The van der Waals surface area contributed by atoms with Crippen LogP contribution in [-0.2, 0) is 33.1 Å². The van der Waals surface area contributed by atoms with Gasteiger partial charge in [-0.2, -0.15) is 0 Å². The molecule has 260 valence electrons. The van der Waals surface area contributed by atoms with Gasteiger partial charge in [0, 0.05) is 19.3 Å². The fourth-order valence-corrected chi connectivity index (χ4v) is 10.4. The average molecular weight is 671 g/mol. The predicted molar refractivity (Wildman–Crippen MR) is 184 cm³/mol. The molecule has 0 amide bonds. The van der Waals surface area contributed by atoms with Gasteiger partial charge in [-0.05, 0) is 47.5 Å². The molecule has 0 saturated carbocycles. The van der Waals surface area contributed by atoms with Crippen molar-refractivity contribution in [1.82, 2.24) is 0 Å². The van der Waals surface area contributed by atoms with E-state index in [1.165, 1.54) is 0 Å². The molecule has 9 nitrogen and oxygen atoms in total. The molecule has 0 fully saturated rings. The summed E-state index contributed by atoms with van der Waals surface area (Å²) in [4.78, 5) is 47.8. The number of carboxylic acid groups (broad SMARTS) is 2. The number of carbonyl (C=O) groups is 4. The maximum absolute atomic E-state index is 13.7. The topological polar surface area (TPSA) is 136 Å². The Balaban J connectivity index is 2.13. The van der Waals surface area contributed by atoms with E-state index in [2.05, 4.69) is 20.8 Å². The van der Waals surface area contributed by atoms with Gasteiger partial charge >= 0.3 is 23.9 Å². The molecule has 2 rings (SSSR count). The molecule has 0 saturated heterocycles. The highest BCUT2D eigenvalue weighted by Crippen LogP contribution is 2.38. The van der Waals surface area contributed by atoms with E-state index in [1.54, 1.807) is 0 Å². The molecule has 0 aliphatic heterocycles. The van der Waals surface area contributed by atoms with Crippen molar-refractivity contribution in [1.29, 1.82) is 0 Å². The second-order valence-electron chi connectivity index (χ2n) is 13.0. The van der Waals surface area contributed by atoms with Crippen LogP contribution in [0.4, 0.5) is 0 Å². The average Bonchev–Trinajstić information content (AvgIpc) is 3.03. The molecule has 47 heavy (non-hydrogen) atoms. The van der Waals surface area contributed by atoms with E-state index >= 15 is 0 Å². The Morgan fingerprint density at radius 1 is 0.617 bits per heavy atom. The lowest BCUT2D eigenvalue weighted by Crippen LogP contribution is -2.68. The molecule has 10 heteroatoms. The van der Waals surface area contributed by atoms with Crippen LogP contribution >= 0.6 is 0 Å². The maximum Gasteiger partial charge on any atom is 0.334 e. The number of ether oxygens (including phenoxy) is 2. The number of carboxylic acids is 2. The molecule has 2 aromatic carbocycles. The van der Waals surface area contributed by atoms with Crippen LogP contribution in [0.5, 0.6) is 0 Å². The summed E-state index contributed by atoms with van der Waals surface area (Å²) in [6.45, 7) is 6.87. The summed E-state index contributed by atoms with van der Waals surface area (Å²) < 4.78 is 18.3. The van der Waals surface area contributed by atoms with Crippen LogP contribution in [0.1, 0.15) is 111 Å². The Morgan fingerprint density at radius 2 is 1.04 bits per heavy atom. The molecular formula is C37H54O9Si. The van der Waals surface area contributed by atoms with Crippen molar-refractivity contribution in [3.05, 3.63) is 60.7 Å². The largest absolute Gasteiger partial charge is 0.481 e. The first-order valence-corrected chi connectivity index (χ1v) is 18.9.